The average Bonchev–Trinajstić information content (AvgIpc) is 2.38. The van der Waals surface area contributed by atoms with Crippen molar-refractivity contribution in [1.29, 1.82) is 0 Å². The zero-order valence-electron chi connectivity index (χ0n) is 9.81. The van der Waals surface area contributed by atoms with Gasteiger partial charge in [0, 0.05) is 13.2 Å². The van der Waals surface area contributed by atoms with E-state index in [1.165, 1.54) is 13.2 Å². The molecule has 0 aromatic heterocycles. The summed E-state index contributed by atoms with van der Waals surface area (Å²) in [5.41, 5.74) is 1.27. The maximum absolute atomic E-state index is 11.3. The number of esters is 1. The van der Waals surface area contributed by atoms with E-state index in [9.17, 15) is 9.90 Å². The zero-order valence-corrected chi connectivity index (χ0v) is 9.81. The smallest absolute Gasteiger partial charge is 0.337 e. The van der Waals surface area contributed by atoms with E-state index in [1.54, 1.807) is 12.1 Å². The van der Waals surface area contributed by atoms with Crippen molar-refractivity contribution in [1.82, 2.24) is 0 Å². The Morgan fingerprint density at radius 1 is 1.41 bits per heavy atom. The molecule has 92 valence electrons. The van der Waals surface area contributed by atoms with Gasteiger partial charge in [0.25, 0.3) is 0 Å². The summed E-state index contributed by atoms with van der Waals surface area (Å²) in [5.74, 6) is 0.0501. The number of ether oxygens (including phenoxy) is 2. The molecule has 17 heavy (non-hydrogen) atoms. The van der Waals surface area contributed by atoms with E-state index < -0.39 is 5.97 Å². The van der Waals surface area contributed by atoms with Crippen LogP contribution in [0.5, 0.6) is 5.75 Å². The Morgan fingerprint density at radius 3 is 2.71 bits per heavy atom. The first-order valence-electron chi connectivity index (χ1n) is 5.71. The summed E-state index contributed by atoms with van der Waals surface area (Å²) >= 11 is 0. The van der Waals surface area contributed by atoms with Crippen LogP contribution in [0.25, 0.3) is 0 Å². The summed E-state index contributed by atoms with van der Waals surface area (Å²) in [5, 5.41) is 9.94. The molecule has 0 radical (unpaired) electrons. The van der Waals surface area contributed by atoms with Gasteiger partial charge in [0.1, 0.15) is 5.75 Å². The van der Waals surface area contributed by atoms with Crippen LogP contribution >= 0.6 is 0 Å². The molecule has 1 saturated heterocycles. The van der Waals surface area contributed by atoms with Crippen molar-refractivity contribution >= 4 is 5.97 Å². The van der Waals surface area contributed by atoms with Gasteiger partial charge in [0.2, 0.25) is 0 Å². The normalized spacial score (nSPS) is 16.8. The molecule has 0 unspecified atom stereocenters. The molecule has 1 aliphatic heterocycles. The number of benzene rings is 1. The predicted molar refractivity (Wildman–Crippen MR) is 62.2 cm³/mol. The third-order valence-corrected chi connectivity index (χ3v) is 3.11. The number of hydrogen-bond acceptors (Lipinski definition) is 4. The third kappa shape index (κ3) is 2.58. The highest BCUT2D eigenvalue weighted by atomic mass is 16.5. The van der Waals surface area contributed by atoms with E-state index >= 15 is 0 Å². The Labute approximate surface area is 100 Å². The van der Waals surface area contributed by atoms with Gasteiger partial charge in [-0.25, -0.2) is 4.79 Å². The Morgan fingerprint density at radius 2 is 2.12 bits per heavy atom. The number of methoxy groups -OCH3 is 1. The molecule has 1 heterocycles. The van der Waals surface area contributed by atoms with Crippen LogP contribution in [-0.2, 0) is 9.47 Å². The monoisotopic (exact) mass is 236 g/mol. The molecule has 1 N–H and O–H groups in total. The lowest BCUT2D eigenvalue weighted by atomic mass is 9.90. The standard InChI is InChI=1S/C13H16O4/c1-16-13(15)10-2-3-11(12(14)8-10)9-4-6-17-7-5-9/h2-3,8-9,14H,4-7H2,1H3. The molecule has 1 aromatic carbocycles. The van der Waals surface area contributed by atoms with Crippen LogP contribution in [0.3, 0.4) is 0 Å². The van der Waals surface area contributed by atoms with E-state index in [0.29, 0.717) is 11.5 Å². The van der Waals surface area contributed by atoms with E-state index in [1.807, 2.05) is 0 Å². The van der Waals surface area contributed by atoms with E-state index in [2.05, 4.69) is 4.74 Å². The Hall–Kier alpha value is -1.55. The van der Waals surface area contributed by atoms with Crippen LogP contribution < -0.4 is 0 Å². The first-order chi connectivity index (χ1) is 8.22. The van der Waals surface area contributed by atoms with Gasteiger partial charge in [-0.2, -0.15) is 0 Å². The first kappa shape index (κ1) is 11.9. The van der Waals surface area contributed by atoms with Crippen LogP contribution in [0.15, 0.2) is 18.2 Å². The molecule has 2 rings (SSSR count). The number of phenolic OH excluding ortho intramolecular Hbond substituents is 1. The third-order valence-electron chi connectivity index (χ3n) is 3.11. The van der Waals surface area contributed by atoms with Crippen molar-refractivity contribution in [2.45, 2.75) is 18.8 Å². The van der Waals surface area contributed by atoms with Crippen molar-refractivity contribution < 1.29 is 19.4 Å². The summed E-state index contributed by atoms with van der Waals surface area (Å²) in [7, 11) is 1.33. The summed E-state index contributed by atoms with van der Waals surface area (Å²) in [4.78, 5) is 11.3. The molecule has 0 atom stereocenters. The molecule has 1 aliphatic rings. The van der Waals surface area contributed by atoms with Crippen LogP contribution in [-0.4, -0.2) is 31.4 Å². The average molecular weight is 236 g/mol. The molecule has 0 spiro atoms. The SMILES string of the molecule is COC(=O)c1ccc(C2CCOCC2)c(O)c1. The van der Waals surface area contributed by atoms with Gasteiger partial charge in [-0.1, -0.05) is 6.07 Å². The summed E-state index contributed by atoms with van der Waals surface area (Å²) in [6.45, 7) is 1.45. The highest BCUT2D eigenvalue weighted by Crippen LogP contribution is 2.33. The van der Waals surface area contributed by atoms with Crippen LogP contribution in [0.4, 0.5) is 0 Å². The van der Waals surface area contributed by atoms with Gasteiger partial charge >= 0.3 is 5.97 Å². The summed E-state index contributed by atoms with van der Waals surface area (Å²) < 4.78 is 9.89. The number of rotatable bonds is 2. The molecule has 4 heteroatoms. The highest BCUT2D eigenvalue weighted by Gasteiger charge is 2.20. The Kier molecular flexibility index (Phi) is 3.64. The second-order valence-corrected chi connectivity index (χ2v) is 4.15. The minimum Gasteiger partial charge on any atom is -0.508 e. The molecular formula is C13H16O4. The van der Waals surface area contributed by atoms with Crippen molar-refractivity contribution in [3.63, 3.8) is 0 Å². The molecule has 1 aromatic rings. The van der Waals surface area contributed by atoms with Gasteiger partial charge in [0.15, 0.2) is 0 Å². The Bertz CT molecular complexity index is 408. The minimum absolute atomic E-state index is 0.166. The fraction of sp³-hybridized carbons (Fsp3) is 0.462. The lowest BCUT2D eigenvalue weighted by Gasteiger charge is -2.23. The molecule has 0 amide bonds. The predicted octanol–water partition coefficient (Wildman–Crippen LogP) is 2.07. The van der Waals surface area contributed by atoms with Gasteiger partial charge in [-0.15, -0.1) is 0 Å². The van der Waals surface area contributed by atoms with Gasteiger partial charge in [0.05, 0.1) is 12.7 Å². The van der Waals surface area contributed by atoms with Crippen molar-refractivity contribution in [3.8, 4) is 5.75 Å². The van der Waals surface area contributed by atoms with Crippen LogP contribution in [0.1, 0.15) is 34.7 Å². The fourth-order valence-electron chi connectivity index (χ4n) is 2.14. The molecule has 4 nitrogen and oxygen atoms in total. The topological polar surface area (TPSA) is 55.8 Å². The van der Waals surface area contributed by atoms with Gasteiger partial charge in [-0.05, 0) is 36.5 Å². The van der Waals surface area contributed by atoms with E-state index in [0.717, 1.165) is 31.6 Å². The maximum Gasteiger partial charge on any atom is 0.337 e. The van der Waals surface area contributed by atoms with Crippen LogP contribution in [0.2, 0.25) is 0 Å². The first-order valence-corrected chi connectivity index (χ1v) is 5.71. The number of aromatic hydroxyl groups is 1. The molecule has 0 bridgehead atoms. The lowest BCUT2D eigenvalue weighted by Crippen LogP contribution is -2.14. The molecule has 0 aliphatic carbocycles. The fourth-order valence-corrected chi connectivity index (χ4v) is 2.14. The van der Waals surface area contributed by atoms with Crippen molar-refractivity contribution in [2.24, 2.45) is 0 Å². The van der Waals surface area contributed by atoms with Crippen molar-refractivity contribution in [2.75, 3.05) is 20.3 Å². The number of phenols is 1. The summed E-state index contributed by atoms with van der Waals surface area (Å²) in [6, 6.07) is 4.96. The maximum atomic E-state index is 11.3. The quantitative estimate of drug-likeness (QED) is 0.799. The number of carbonyl (C=O) groups is 1. The van der Waals surface area contributed by atoms with E-state index in [-0.39, 0.29) is 5.75 Å². The van der Waals surface area contributed by atoms with Crippen LogP contribution in [0, 0.1) is 0 Å². The number of carbonyl (C=O) groups excluding carboxylic acids is 1. The second kappa shape index (κ2) is 5.19. The highest BCUT2D eigenvalue weighted by molar-refractivity contribution is 5.89. The minimum atomic E-state index is -0.432. The molecule has 0 saturated carbocycles. The second-order valence-electron chi connectivity index (χ2n) is 4.15. The molecular weight excluding hydrogens is 220 g/mol. The number of hydrogen-bond donors (Lipinski definition) is 1. The summed E-state index contributed by atoms with van der Waals surface area (Å²) in [6.07, 6.45) is 1.82. The zero-order chi connectivity index (χ0) is 12.3. The van der Waals surface area contributed by atoms with Crippen molar-refractivity contribution in [3.05, 3.63) is 29.3 Å². The van der Waals surface area contributed by atoms with Gasteiger partial charge < -0.3 is 14.6 Å². The molecule has 1 fully saturated rings. The van der Waals surface area contributed by atoms with Gasteiger partial charge in [-0.3, -0.25) is 0 Å². The lowest BCUT2D eigenvalue weighted by molar-refractivity contribution is 0.0600. The largest absolute Gasteiger partial charge is 0.508 e. The Balaban J connectivity index is 2.21. The van der Waals surface area contributed by atoms with E-state index in [4.69, 9.17) is 4.74 Å².